The van der Waals surface area contributed by atoms with Crippen LogP contribution < -0.4 is 10.9 Å². The highest BCUT2D eigenvalue weighted by molar-refractivity contribution is 5.90. The van der Waals surface area contributed by atoms with E-state index in [1.165, 1.54) is 16.9 Å². The van der Waals surface area contributed by atoms with Gasteiger partial charge in [-0.1, -0.05) is 6.92 Å². The molecule has 0 unspecified atom stereocenters. The fourth-order valence-corrected chi connectivity index (χ4v) is 0.787. The maximum atomic E-state index is 11.1. The average Bonchev–Trinajstić information content (AvgIpc) is 2.11. The second-order valence-electron chi connectivity index (χ2n) is 2.61. The predicted molar refractivity (Wildman–Crippen MR) is 48.4 cm³/mol. The standard InChI is InChI=1S/C8H11N3O2/c1-3-7(12)10-6-4-8(13)11(2)9-5-6/h4-5H,3H2,1-2H3,(H,10,12). The van der Waals surface area contributed by atoms with Gasteiger partial charge in [0, 0.05) is 19.5 Å². The first-order chi connectivity index (χ1) is 6.13. The number of hydrogen-bond donors (Lipinski definition) is 1. The number of rotatable bonds is 2. The van der Waals surface area contributed by atoms with Crippen LogP contribution in [0.3, 0.4) is 0 Å². The van der Waals surface area contributed by atoms with Crippen molar-refractivity contribution in [2.24, 2.45) is 7.05 Å². The molecule has 13 heavy (non-hydrogen) atoms. The minimum atomic E-state index is -0.242. The van der Waals surface area contributed by atoms with Gasteiger partial charge in [-0.25, -0.2) is 4.68 Å². The average molecular weight is 181 g/mol. The van der Waals surface area contributed by atoms with Crippen molar-refractivity contribution in [3.63, 3.8) is 0 Å². The summed E-state index contributed by atoms with van der Waals surface area (Å²) in [6.07, 6.45) is 1.82. The van der Waals surface area contributed by atoms with Gasteiger partial charge in [-0.05, 0) is 0 Å². The van der Waals surface area contributed by atoms with Crippen LogP contribution in [0.4, 0.5) is 5.69 Å². The molecule has 1 aromatic heterocycles. The van der Waals surface area contributed by atoms with Crippen molar-refractivity contribution in [3.8, 4) is 0 Å². The molecule has 70 valence electrons. The molecule has 5 nitrogen and oxygen atoms in total. The fourth-order valence-electron chi connectivity index (χ4n) is 0.787. The molecule has 0 bridgehead atoms. The van der Waals surface area contributed by atoms with Crippen molar-refractivity contribution >= 4 is 11.6 Å². The molecule has 0 aliphatic heterocycles. The zero-order valence-corrected chi connectivity index (χ0v) is 7.57. The van der Waals surface area contributed by atoms with Crippen molar-refractivity contribution in [2.75, 3.05) is 5.32 Å². The van der Waals surface area contributed by atoms with E-state index in [9.17, 15) is 9.59 Å². The third-order valence-corrected chi connectivity index (χ3v) is 1.57. The lowest BCUT2D eigenvalue weighted by Gasteiger charge is -2.02. The normalized spacial score (nSPS) is 9.69. The Labute approximate surface area is 75.4 Å². The van der Waals surface area contributed by atoms with Gasteiger partial charge in [0.05, 0.1) is 11.9 Å². The zero-order chi connectivity index (χ0) is 9.84. The Morgan fingerprint density at radius 2 is 2.38 bits per heavy atom. The molecule has 0 aliphatic rings. The lowest BCUT2D eigenvalue weighted by Crippen LogP contribution is -2.20. The molecular formula is C8H11N3O2. The van der Waals surface area contributed by atoms with Crippen LogP contribution in [0.5, 0.6) is 0 Å². The van der Waals surface area contributed by atoms with Crippen molar-refractivity contribution < 1.29 is 4.79 Å². The van der Waals surface area contributed by atoms with Crippen LogP contribution >= 0.6 is 0 Å². The van der Waals surface area contributed by atoms with Gasteiger partial charge < -0.3 is 5.32 Å². The summed E-state index contributed by atoms with van der Waals surface area (Å²) in [4.78, 5) is 22.0. The monoisotopic (exact) mass is 181 g/mol. The maximum absolute atomic E-state index is 11.1. The van der Waals surface area contributed by atoms with E-state index in [1.807, 2.05) is 0 Å². The van der Waals surface area contributed by atoms with Gasteiger partial charge in [-0.3, -0.25) is 9.59 Å². The van der Waals surface area contributed by atoms with Crippen LogP contribution in [0.25, 0.3) is 0 Å². The number of carbonyl (C=O) groups excluding carboxylic acids is 1. The molecule has 0 saturated carbocycles. The van der Waals surface area contributed by atoms with Crippen LogP contribution in [0.1, 0.15) is 13.3 Å². The number of aromatic nitrogens is 2. The van der Waals surface area contributed by atoms with Crippen molar-refractivity contribution in [1.29, 1.82) is 0 Å². The summed E-state index contributed by atoms with van der Waals surface area (Å²) in [6.45, 7) is 1.74. The number of nitrogens with zero attached hydrogens (tertiary/aromatic N) is 2. The Hall–Kier alpha value is -1.65. The van der Waals surface area contributed by atoms with Gasteiger partial charge in [0.15, 0.2) is 0 Å². The second kappa shape index (κ2) is 3.84. The van der Waals surface area contributed by atoms with Gasteiger partial charge in [-0.15, -0.1) is 0 Å². The Morgan fingerprint density at radius 1 is 1.69 bits per heavy atom. The summed E-state index contributed by atoms with van der Waals surface area (Å²) >= 11 is 0. The molecule has 1 rings (SSSR count). The topological polar surface area (TPSA) is 64.0 Å². The summed E-state index contributed by atoms with van der Waals surface area (Å²) in [5.74, 6) is -0.130. The number of anilines is 1. The third kappa shape index (κ3) is 2.40. The molecule has 0 radical (unpaired) electrons. The summed E-state index contributed by atoms with van der Waals surface area (Å²) in [6, 6.07) is 1.33. The largest absolute Gasteiger partial charge is 0.325 e. The molecule has 1 aromatic rings. The zero-order valence-electron chi connectivity index (χ0n) is 7.57. The molecule has 0 aliphatic carbocycles. The highest BCUT2D eigenvalue weighted by Crippen LogP contribution is 1.99. The van der Waals surface area contributed by atoms with Crippen LogP contribution in [0.15, 0.2) is 17.1 Å². The fraction of sp³-hybridized carbons (Fsp3) is 0.375. The number of amides is 1. The summed E-state index contributed by atoms with van der Waals surface area (Å²) in [5, 5.41) is 6.30. The number of carbonyl (C=O) groups is 1. The first-order valence-corrected chi connectivity index (χ1v) is 3.96. The molecule has 1 N–H and O–H groups in total. The van der Waals surface area contributed by atoms with E-state index >= 15 is 0 Å². The van der Waals surface area contributed by atoms with E-state index in [-0.39, 0.29) is 11.5 Å². The summed E-state index contributed by atoms with van der Waals surface area (Å²) in [5.41, 5.74) is 0.198. The Kier molecular flexibility index (Phi) is 2.79. The summed E-state index contributed by atoms with van der Waals surface area (Å²) in [7, 11) is 1.55. The summed E-state index contributed by atoms with van der Waals surface area (Å²) < 4.78 is 1.20. The first-order valence-electron chi connectivity index (χ1n) is 3.96. The molecule has 0 aromatic carbocycles. The maximum Gasteiger partial charge on any atom is 0.268 e. The minimum Gasteiger partial charge on any atom is -0.325 e. The molecule has 0 atom stereocenters. The van der Waals surface area contributed by atoms with Gasteiger partial charge in [0.2, 0.25) is 5.91 Å². The van der Waals surface area contributed by atoms with Crippen molar-refractivity contribution in [2.45, 2.75) is 13.3 Å². The highest BCUT2D eigenvalue weighted by Gasteiger charge is 2.00. The Bertz CT molecular complexity index is 370. The molecule has 5 heteroatoms. The van der Waals surface area contributed by atoms with Gasteiger partial charge >= 0.3 is 0 Å². The van der Waals surface area contributed by atoms with E-state index in [1.54, 1.807) is 14.0 Å². The van der Waals surface area contributed by atoms with Crippen LogP contribution in [0.2, 0.25) is 0 Å². The van der Waals surface area contributed by atoms with Crippen molar-refractivity contribution in [1.82, 2.24) is 9.78 Å². The Morgan fingerprint density at radius 3 is 2.92 bits per heavy atom. The van der Waals surface area contributed by atoms with Gasteiger partial charge in [-0.2, -0.15) is 5.10 Å². The minimum absolute atomic E-state index is 0.130. The molecule has 0 spiro atoms. The van der Waals surface area contributed by atoms with Crippen molar-refractivity contribution in [3.05, 3.63) is 22.6 Å². The lowest BCUT2D eigenvalue weighted by molar-refractivity contribution is -0.115. The number of aryl methyl sites for hydroxylation is 1. The second-order valence-corrected chi connectivity index (χ2v) is 2.61. The van der Waals surface area contributed by atoms with Gasteiger partial charge in [0.25, 0.3) is 5.56 Å². The van der Waals surface area contributed by atoms with E-state index in [0.29, 0.717) is 12.1 Å². The third-order valence-electron chi connectivity index (χ3n) is 1.57. The lowest BCUT2D eigenvalue weighted by atomic mass is 10.4. The number of hydrogen-bond acceptors (Lipinski definition) is 3. The van der Waals surface area contributed by atoms with E-state index in [2.05, 4.69) is 10.4 Å². The predicted octanol–water partition coefficient (Wildman–Crippen LogP) is 0.129. The van der Waals surface area contributed by atoms with E-state index < -0.39 is 0 Å². The quantitative estimate of drug-likeness (QED) is 0.705. The van der Waals surface area contributed by atoms with Gasteiger partial charge in [0.1, 0.15) is 0 Å². The SMILES string of the molecule is CCC(=O)Nc1cnn(C)c(=O)c1. The molecule has 0 fully saturated rings. The molecule has 0 saturated heterocycles. The molecular weight excluding hydrogens is 170 g/mol. The van der Waals surface area contributed by atoms with E-state index in [0.717, 1.165) is 0 Å². The molecule has 1 amide bonds. The first kappa shape index (κ1) is 9.44. The Balaban J connectivity index is 2.86. The number of nitrogens with one attached hydrogen (secondary N) is 1. The van der Waals surface area contributed by atoms with Crippen LogP contribution in [-0.2, 0) is 11.8 Å². The smallest absolute Gasteiger partial charge is 0.268 e. The van der Waals surface area contributed by atoms with Crippen LogP contribution in [0, 0.1) is 0 Å². The van der Waals surface area contributed by atoms with E-state index in [4.69, 9.17) is 0 Å². The van der Waals surface area contributed by atoms with Crippen LogP contribution in [-0.4, -0.2) is 15.7 Å². The highest BCUT2D eigenvalue weighted by atomic mass is 16.1. The molecule has 1 heterocycles.